The normalized spacial score (nSPS) is 19.7. The number of carbonyl (C=O) groups excluding carboxylic acids is 2. The van der Waals surface area contributed by atoms with Crippen LogP contribution >= 0.6 is 0 Å². The number of aliphatic hydroxyl groups is 1. The molecule has 2 aliphatic rings. The van der Waals surface area contributed by atoms with Crippen molar-refractivity contribution in [2.45, 2.75) is 37.8 Å². The number of nitrogens with one attached hydrogen (secondary N) is 1. The summed E-state index contributed by atoms with van der Waals surface area (Å²) in [5, 5.41) is 12.7. The van der Waals surface area contributed by atoms with Crippen LogP contribution in [0.5, 0.6) is 0 Å². The maximum atomic E-state index is 13.7. The van der Waals surface area contributed by atoms with E-state index >= 15 is 0 Å². The van der Waals surface area contributed by atoms with E-state index in [1.165, 1.54) is 0 Å². The average Bonchev–Trinajstić information content (AvgIpc) is 3.59. The first-order valence-corrected chi connectivity index (χ1v) is 11.0. The van der Waals surface area contributed by atoms with Crippen molar-refractivity contribution in [2.24, 2.45) is 0 Å². The molecule has 0 bridgehead atoms. The number of Topliss-reactive ketones (excluding diaryl/α,β-unsaturated/α-hetero) is 1. The standard InChI is InChI=1S/C26H22N2O4/c29-24(21-13-15-7-1-6-12-20(15)32-21)22-23(18-14-27-19-11-5-4-10-17(18)19)28(26(31)25(22)30)16-8-2-3-9-16/h1,4-7,10-14,16,23,27,30H,2-3,8-9H2. The first-order chi connectivity index (χ1) is 15.6. The summed E-state index contributed by atoms with van der Waals surface area (Å²) in [6.45, 7) is 0. The number of aromatic amines is 1. The molecule has 3 heterocycles. The maximum absolute atomic E-state index is 13.7. The van der Waals surface area contributed by atoms with Gasteiger partial charge in [-0.2, -0.15) is 0 Å². The number of aromatic nitrogens is 1. The molecule has 1 fully saturated rings. The van der Waals surface area contributed by atoms with E-state index in [2.05, 4.69) is 4.98 Å². The topological polar surface area (TPSA) is 86.5 Å². The molecule has 0 radical (unpaired) electrons. The summed E-state index contributed by atoms with van der Waals surface area (Å²) in [5.41, 5.74) is 2.41. The van der Waals surface area contributed by atoms with Crippen LogP contribution in [0, 0.1) is 0 Å². The van der Waals surface area contributed by atoms with Gasteiger partial charge in [0.2, 0.25) is 5.78 Å². The molecule has 1 unspecified atom stereocenters. The van der Waals surface area contributed by atoms with Crippen molar-refractivity contribution < 1.29 is 19.1 Å². The third-order valence-corrected chi connectivity index (χ3v) is 6.77. The molecule has 160 valence electrons. The van der Waals surface area contributed by atoms with Gasteiger partial charge in [-0.05, 0) is 31.0 Å². The summed E-state index contributed by atoms with van der Waals surface area (Å²) < 4.78 is 5.81. The van der Waals surface area contributed by atoms with E-state index in [9.17, 15) is 14.7 Å². The molecule has 32 heavy (non-hydrogen) atoms. The van der Waals surface area contributed by atoms with E-state index in [0.29, 0.717) is 5.58 Å². The van der Waals surface area contributed by atoms with Crippen molar-refractivity contribution in [1.82, 2.24) is 9.88 Å². The molecule has 2 aromatic heterocycles. The van der Waals surface area contributed by atoms with Crippen molar-refractivity contribution in [2.75, 3.05) is 0 Å². The van der Waals surface area contributed by atoms with Crippen molar-refractivity contribution >= 4 is 33.6 Å². The van der Waals surface area contributed by atoms with Crippen molar-refractivity contribution in [3.63, 3.8) is 0 Å². The summed E-state index contributed by atoms with van der Waals surface area (Å²) in [4.78, 5) is 31.9. The molecule has 1 saturated carbocycles. The number of carbonyl (C=O) groups is 2. The Kier molecular flexibility index (Phi) is 4.21. The van der Waals surface area contributed by atoms with Crippen LogP contribution < -0.4 is 0 Å². The third kappa shape index (κ3) is 2.72. The van der Waals surface area contributed by atoms with Crippen LogP contribution in [0.2, 0.25) is 0 Å². The minimum absolute atomic E-state index is 0.00992. The van der Waals surface area contributed by atoms with Gasteiger partial charge in [-0.1, -0.05) is 49.2 Å². The Hall–Kier alpha value is -3.80. The van der Waals surface area contributed by atoms with Gasteiger partial charge in [0.1, 0.15) is 5.58 Å². The zero-order chi connectivity index (χ0) is 21.8. The van der Waals surface area contributed by atoms with Gasteiger partial charge in [-0.3, -0.25) is 9.59 Å². The lowest BCUT2D eigenvalue weighted by molar-refractivity contribution is -0.131. The Morgan fingerprint density at radius 2 is 1.81 bits per heavy atom. The van der Waals surface area contributed by atoms with Gasteiger partial charge in [0.15, 0.2) is 11.5 Å². The summed E-state index contributed by atoms with van der Waals surface area (Å²) in [7, 11) is 0. The SMILES string of the molecule is O=C(C1=C(O)C(=O)N(C2CCCC2)C1c1c[nH]c2ccccc12)c1cc2ccccc2o1. The quantitative estimate of drug-likeness (QED) is 0.426. The van der Waals surface area contributed by atoms with Crippen LogP contribution in [0.15, 0.2) is 76.5 Å². The second-order valence-corrected chi connectivity index (χ2v) is 8.58. The molecule has 1 atom stereocenters. The zero-order valence-electron chi connectivity index (χ0n) is 17.4. The Bertz CT molecular complexity index is 1370. The highest BCUT2D eigenvalue weighted by molar-refractivity contribution is 6.16. The van der Waals surface area contributed by atoms with E-state index in [-0.39, 0.29) is 17.4 Å². The van der Waals surface area contributed by atoms with Crippen molar-refractivity contribution in [1.29, 1.82) is 0 Å². The summed E-state index contributed by atoms with van der Waals surface area (Å²) >= 11 is 0. The highest BCUT2D eigenvalue weighted by atomic mass is 16.3. The summed E-state index contributed by atoms with van der Waals surface area (Å²) in [6, 6.07) is 16.2. The Morgan fingerprint density at radius 3 is 2.62 bits per heavy atom. The molecule has 6 rings (SSSR count). The van der Waals surface area contributed by atoms with Crippen LogP contribution in [0.1, 0.15) is 47.8 Å². The van der Waals surface area contributed by atoms with Gasteiger partial charge in [0.25, 0.3) is 5.91 Å². The number of para-hydroxylation sites is 2. The highest BCUT2D eigenvalue weighted by Crippen LogP contribution is 2.45. The molecule has 4 aromatic rings. The average molecular weight is 426 g/mol. The molecule has 0 saturated heterocycles. The van der Waals surface area contributed by atoms with E-state index in [1.807, 2.05) is 48.7 Å². The van der Waals surface area contributed by atoms with Crippen LogP contribution in [-0.4, -0.2) is 32.7 Å². The lowest BCUT2D eigenvalue weighted by Crippen LogP contribution is -2.38. The molecule has 0 spiro atoms. The van der Waals surface area contributed by atoms with E-state index in [0.717, 1.165) is 47.5 Å². The number of hydrogen-bond acceptors (Lipinski definition) is 4. The van der Waals surface area contributed by atoms with Crippen LogP contribution in [0.4, 0.5) is 0 Å². The Morgan fingerprint density at radius 1 is 1.06 bits per heavy atom. The summed E-state index contributed by atoms with van der Waals surface area (Å²) in [6.07, 6.45) is 5.63. The number of benzene rings is 2. The summed E-state index contributed by atoms with van der Waals surface area (Å²) in [5.74, 6) is -1.29. The number of amides is 1. The van der Waals surface area contributed by atoms with Crippen LogP contribution in [0.3, 0.4) is 0 Å². The molecule has 6 heteroatoms. The number of H-pyrrole nitrogens is 1. The largest absolute Gasteiger partial charge is 0.503 e. The molecule has 1 amide bonds. The second kappa shape index (κ2) is 7.12. The maximum Gasteiger partial charge on any atom is 0.290 e. The Balaban J connectivity index is 1.52. The van der Waals surface area contributed by atoms with Crippen LogP contribution in [-0.2, 0) is 4.79 Å². The first-order valence-electron chi connectivity index (χ1n) is 11.0. The minimum atomic E-state index is -0.664. The second-order valence-electron chi connectivity index (χ2n) is 8.58. The van der Waals surface area contributed by atoms with E-state index < -0.39 is 23.5 Å². The Labute approximate surface area is 184 Å². The van der Waals surface area contributed by atoms with Crippen molar-refractivity contribution in [3.05, 3.63) is 83.5 Å². The molecular formula is C26H22N2O4. The van der Waals surface area contributed by atoms with Gasteiger partial charge in [-0.25, -0.2) is 0 Å². The first kappa shape index (κ1) is 18.9. The monoisotopic (exact) mass is 426 g/mol. The molecule has 2 N–H and O–H groups in total. The van der Waals surface area contributed by atoms with E-state index in [4.69, 9.17) is 4.42 Å². The van der Waals surface area contributed by atoms with Gasteiger partial charge < -0.3 is 19.4 Å². The number of ketones is 1. The molecule has 6 nitrogen and oxygen atoms in total. The smallest absolute Gasteiger partial charge is 0.290 e. The van der Waals surface area contributed by atoms with E-state index in [1.54, 1.807) is 17.0 Å². The van der Waals surface area contributed by atoms with Crippen LogP contribution in [0.25, 0.3) is 21.9 Å². The number of aliphatic hydroxyl groups excluding tert-OH is 1. The molecule has 1 aliphatic carbocycles. The third-order valence-electron chi connectivity index (χ3n) is 6.77. The fourth-order valence-corrected chi connectivity index (χ4v) is 5.27. The van der Waals surface area contributed by atoms with Gasteiger partial charge in [0, 0.05) is 34.1 Å². The van der Waals surface area contributed by atoms with Gasteiger partial charge in [0.05, 0.1) is 11.6 Å². The fourth-order valence-electron chi connectivity index (χ4n) is 5.27. The predicted molar refractivity (Wildman–Crippen MR) is 120 cm³/mol. The van der Waals surface area contributed by atoms with Gasteiger partial charge in [-0.15, -0.1) is 0 Å². The molecule has 1 aliphatic heterocycles. The zero-order valence-corrected chi connectivity index (χ0v) is 17.4. The number of hydrogen-bond donors (Lipinski definition) is 2. The predicted octanol–water partition coefficient (Wildman–Crippen LogP) is 5.44. The lowest BCUT2D eigenvalue weighted by Gasteiger charge is -2.31. The number of rotatable bonds is 4. The molecular weight excluding hydrogens is 404 g/mol. The van der Waals surface area contributed by atoms with Gasteiger partial charge >= 0.3 is 0 Å². The van der Waals surface area contributed by atoms with Crippen molar-refractivity contribution in [3.8, 4) is 0 Å². The number of furan rings is 1. The minimum Gasteiger partial charge on any atom is -0.503 e. The fraction of sp³-hybridized carbons (Fsp3) is 0.231. The molecule has 2 aromatic carbocycles. The highest BCUT2D eigenvalue weighted by Gasteiger charge is 2.48. The number of nitrogens with zero attached hydrogens (tertiary/aromatic N) is 1. The number of fused-ring (bicyclic) bond motifs is 2. The lowest BCUT2D eigenvalue weighted by atomic mass is 9.93.